The Morgan fingerprint density at radius 2 is 1.88 bits per heavy atom. The summed E-state index contributed by atoms with van der Waals surface area (Å²) in [6.07, 6.45) is -8.62. The van der Waals surface area contributed by atoms with Crippen molar-refractivity contribution in [2.45, 2.75) is 12.6 Å². The van der Waals surface area contributed by atoms with E-state index in [2.05, 4.69) is 0 Å². The summed E-state index contributed by atoms with van der Waals surface area (Å²) in [5, 5.41) is 10.3. The Bertz CT molecular complexity index is 507. The first kappa shape index (κ1) is 13.1. The minimum atomic E-state index is -5.15. The van der Waals surface area contributed by atoms with Gasteiger partial charge in [-0.2, -0.15) is 13.2 Å². The van der Waals surface area contributed by atoms with Crippen molar-refractivity contribution >= 4 is 5.69 Å². The molecule has 0 aliphatic heterocycles. The molecule has 94 valence electrons. The van der Waals surface area contributed by atoms with Crippen molar-refractivity contribution in [2.75, 3.05) is 0 Å². The molecule has 0 aliphatic rings. The number of nitrogens with zero attached hydrogens (tertiary/aromatic N) is 1. The lowest BCUT2D eigenvalue weighted by atomic mass is 10.2. The maximum absolute atomic E-state index is 12.2. The fraction of sp³-hybridized carbons (Fsp3) is 0.286. The molecule has 17 heavy (non-hydrogen) atoms. The van der Waals surface area contributed by atoms with Crippen LogP contribution in [0.15, 0.2) is 11.0 Å². The van der Waals surface area contributed by atoms with Gasteiger partial charge in [0.25, 0.3) is 11.9 Å². The molecule has 1 aromatic heterocycles. The van der Waals surface area contributed by atoms with Crippen molar-refractivity contribution < 1.29 is 26.9 Å². The van der Waals surface area contributed by atoms with E-state index < -0.39 is 39.9 Å². The molecule has 0 aromatic carbocycles. The van der Waals surface area contributed by atoms with Crippen LogP contribution in [0.1, 0.15) is 17.7 Å². The largest absolute Gasteiger partial charge is 0.421 e. The maximum Gasteiger partial charge on any atom is 0.421 e. The van der Waals surface area contributed by atoms with Crippen LogP contribution in [0.5, 0.6) is 0 Å². The Balaban J connectivity index is 3.62. The zero-order chi connectivity index (χ0) is 13.4. The van der Waals surface area contributed by atoms with Gasteiger partial charge in [0.2, 0.25) is 0 Å². The summed E-state index contributed by atoms with van der Waals surface area (Å²) in [4.78, 5) is 21.2. The minimum Gasteiger partial charge on any atom is -0.354 e. The third-order valence-electron chi connectivity index (χ3n) is 1.79. The zero-order valence-electron chi connectivity index (χ0n) is 7.72. The van der Waals surface area contributed by atoms with Crippen LogP contribution < -0.4 is 5.43 Å². The highest BCUT2D eigenvalue weighted by Crippen LogP contribution is 2.30. The third kappa shape index (κ3) is 2.40. The molecule has 0 amide bonds. The summed E-state index contributed by atoms with van der Waals surface area (Å²) >= 11 is 0. The lowest BCUT2D eigenvalue weighted by Crippen LogP contribution is -2.23. The van der Waals surface area contributed by atoms with E-state index in [-0.39, 0.29) is 6.20 Å². The van der Waals surface area contributed by atoms with E-state index in [9.17, 15) is 36.9 Å². The van der Waals surface area contributed by atoms with Crippen molar-refractivity contribution in [3.05, 3.63) is 37.8 Å². The number of alkyl halides is 5. The first-order valence-electron chi connectivity index (χ1n) is 3.91. The van der Waals surface area contributed by atoms with Gasteiger partial charge in [0, 0.05) is 6.20 Å². The van der Waals surface area contributed by atoms with E-state index in [1.165, 1.54) is 4.98 Å². The number of H-pyrrole nitrogens is 1. The van der Waals surface area contributed by atoms with Crippen molar-refractivity contribution in [1.82, 2.24) is 4.98 Å². The van der Waals surface area contributed by atoms with Gasteiger partial charge in [-0.05, 0) is 0 Å². The second-order valence-corrected chi connectivity index (χ2v) is 2.85. The van der Waals surface area contributed by atoms with Crippen LogP contribution in [-0.4, -0.2) is 9.91 Å². The normalized spacial score (nSPS) is 11.9. The number of hydrogen-bond donors (Lipinski definition) is 1. The first-order chi connectivity index (χ1) is 7.66. The molecule has 1 aromatic rings. The quantitative estimate of drug-likeness (QED) is 0.502. The smallest absolute Gasteiger partial charge is 0.354 e. The molecule has 0 saturated heterocycles. The number of pyridine rings is 1. The number of nitro groups is 1. The summed E-state index contributed by atoms with van der Waals surface area (Å²) < 4.78 is 61.1. The van der Waals surface area contributed by atoms with Gasteiger partial charge in [-0.15, -0.1) is 0 Å². The van der Waals surface area contributed by atoms with Crippen molar-refractivity contribution in [2.24, 2.45) is 0 Å². The maximum atomic E-state index is 12.2. The van der Waals surface area contributed by atoms with Gasteiger partial charge in [0.1, 0.15) is 5.56 Å². The molecule has 0 spiro atoms. The topological polar surface area (TPSA) is 76.0 Å². The van der Waals surface area contributed by atoms with Crippen molar-refractivity contribution in [1.29, 1.82) is 0 Å². The summed E-state index contributed by atoms with van der Waals surface area (Å²) in [6.45, 7) is 0. The van der Waals surface area contributed by atoms with E-state index in [4.69, 9.17) is 0 Å². The molecule has 0 aliphatic carbocycles. The predicted octanol–water partition coefficient (Wildman–Crippen LogP) is 2.24. The number of aromatic amines is 1. The van der Waals surface area contributed by atoms with E-state index >= 15 is 0 Å². The summed E-state index contributed by atoms with van der Waals surface area (Å²) in [5.74, 6) is 0. The molecule has 1 heterocycles. The Kier molecular flexibility index (Phi) is 3.16. The van der Waals surface area contributed by atoms with E-state index in [0.717, 1.165) is 0 Å². The molecule has 0 atom stereocenters. The molecular formula is C7H3F5N2O3. The fourth-order valence-corrected chi connectivity index (χ4v) is 1.09. The van der Waals surface area contributed by atoms with Gasteiger partial charge in [-0.1, -0.05) is 0 Å². The Labute approximate surface area is 89.0 Å². The van der Waals surface area contributed by atoms with E-state index in [1.54, 1.807) is 0 Å². The van der Waals surface area contributed by atoms with Crippen LogP contribution in [0.2, 0.25) is 0 Å². The number of nitrogens with one attached hydrogen (secondary N) is 1. The summed E-state index contributed by atoms with van der Waals surface area (Å²) in [6, 6.07) is 0. The van der Waals surface area contributed by atoms with Crippen LogP contribution in [0.25, 0.3) is 0 Å². The molecular weight excluding hydrogens is 255 g/mol. The lowest BCUT2D eigenvalue weighted by Gasteiger charge is -2.07. The molecule has 10 heteroatoms. The molecule has 0 bridgehead atoms. The second kappa shape index (κ2) is 4.11. The van der Waals surface area contributed by atoms with E-state index in [1.807, 2.05) is 0 Å². The molecule has 0 fully saturated rings. The predicted molar refractivity (Wildman–Crippen MR) is 43.7 cm³/mol. The van der Waals surface area contributed by atoms with Gasteiger partial charge in [-0.25, -0.2) is 8.78 Å². The standard InChI is InChI=1S/C7H3F5N2O3/c8-6(9)3-4(14(16)17)5(15)2(1-13-3)7(10,11)12/h1,6H,(H,13,15). The number of rotatable bonds is 2. The fourth-order valence-electron chi connectivity index (χ4n) is 1.09. The first-order valence-corrected chi connectivity index (χ1v) is 3.91. The van der Waals surface area contributed by atoms with Crippen LogP contribution >= 0.6 is 0 Å². The molecule has 5 nitrogen and oxygen atoms in total. The Hall–Kier alpha value is -2.00. The van der Waals surface area contributed by atoms with Crippen molar-refractivity contribution in [3.63, 3.8) is 0 Å². The summed E-state index contributed by atoms with van der Waals surface area (Å²) in [7, 11) is 0. The highest BCUT2D eigenvalue weighted by Gasteiger charge is 2.39. The molecule has 1 rings (SSSR count). The van der Waals surface area contributed by atoms with Gasteiger partial charge in [0.15, 0.2) is 5.69 Å². The average Bonchev–Trinajstić information content (AvgIpc) is 2.13. The monoisotopic (exact) mass is 258 g/mol. The number of halogens is 5. The number of aromatic nitrogens is 1. The average molecular weight is 258 g/mol. The van der Waals surface area contributed by atoms with Crippen LogP contribution in [0.4, 0.5) is 27.6 Å². The minimum absolute atomic E-state index is 0.0170. The molecule has 0 radical (unpaired) electrons. The second-order valence-electron chi connectivity index (χ2n) is 2.85. The van der Waals surface area contributed by atoms with Gasteiger partial charge in [0.05, 0.1) is 4.92 Å². The SMILES string of the molecule is O=c1c(C(F)(F)F)c[nH]c(C(F)F)c1[N+](=O)[O-]. The van der Waals surface area contributed by atoms with Crippen molar-refractivity contribution in [3.8, 4) is 0 Å². The van der Waals surface area contributed by atoms with Crippen LogP contribution in [0.3, 0.4) is 0 Å². The molecule has 0 saturated carbocycles. The highest BCUT2D eigenvalue weighted by atomic mass is 19.4. The zero-order valence-corrected chi connectivity index (χ0v) is 7.72. The summed E-state index contributed by atoms with van der Waals surface area (Å²) in [5.41, 5.74) is -7.23. The van der Waals surface area contributed by atoms with Gasteiger partial charge in [-0.3, -0.25) is 14.9 Å². The van der Waals surface area contributed by atoms with Crippen LogP contribution in [0, 0.1) is 10.1 Å². The van der Waals surface area contributed by atoms with Gasteiger partial charge >= 0.3 is 11.9 Å². The number of hydrogen-bond acceptors (Lipinski definition) is 3. The lowest BCUT2D eigenvalue weighted by molar-refractivity contribution is -0.388. The van der Waals surface area contributed by atoms with Crippen LogP contribution in [-0.2, 0) is 6.18 Å². The van der Waals surface area contributed by atoms with Gasteiger partial charge < -0.3 is 4.98 Å². The Morgan fingerprint density at radius 1 is 1.35 bits per heavy atom. The third-order valence-corrected chi connectivity index (χ3v) is 1.79. The molecule has 1 N–H and O–H groups in total. The Morgan fingerprint density at radius 3 is 2.24 bits per heavy atom. The highest BCUT2D eigenvalue weighted by molar-refractivity contribution is 5.39. The van der Waals surface area contributed by atoms with E-state index in [0.29, 0.717) is 0 Å². The molecule has 0 unspecified atom stereocenters.